The van der Waals surface area contributed by atoms with Crippen molar-refractivity contribution in [3.05, 3.63) is 53.9 Å². The van der Waals surface area contributed by atoms with Crippen LogP contribution in [0.4, 0.5) is 0 Å². The van der Waals surface area contributed by atoms with Crippen LogP contribution in [-0.2, 0) is 0 Å². The van der Waals surface area contributed by atoms with Crippen LogP contribution in [0.15, 0.2) is 42.5 Å². The summed E-state index contributed by atoms with van der Waals surface area (Å²) in [6, 6.07) is 13.6. The Morgan fingerprint density at radius 1 is 0.933 bits per heavy atom. The molecule has 1 N–H and O–H groups in total. The van der Waals surface area contributed by atoms with Crippen LogP contribution < -0.4 is 4.57 Å². The van der Waals surface area contributed by atoms with Crippen LogP contribution in [0.5, 0.6) is 5.75 Å². The van der Waals surface area contributed by atoms with Gasteiger partial charge in [0.1, 0.15) is 5.75 Å². The van der Waals surface area contributed by atoms with Gasteiger partial charge in [0.05, 0.1) is 0 Å². The molecule has 76 valence electrons. The van der Waals surface area contributed by atoms with E-state index < -0.39 is 0 Å². The fourth-order valence-corrected chi connectivity index (χ4v) is 1.86. The highest BCUT2D eigenvalue weighted by molar-refractivity contribution is 5.27. The molecule has 1 aromatic heterocycles. The van der Waals surface area contributed by atoms with E-state index >= 15 is 0 Å². The lowest BCUT2D eigenvalue weighted by Gasteiger charge is -2.03. The number of aromatic hydroxyl groups is 1. The van der Waals surface area contributed by atoms with Crippen molar-refractivity contribution in [2.45, 2.75) is 13.8 Å². The Morgan fingerprint density at radius 2 is 1.47 bits per heavy atom. The van der Waals surface area contributed by atoms with Crippen molar-refractivity contribution in [1.29, 1.82) is 0 Å². The molecule has 0 spiro atoms. The van der Waals surface area contributed by atoms with Gasteiger partial charge in [-0.25, -0.2) is 0 Å². The Kier molecular flexibility index (Phi) is 2.42. The van der Waals surface area contributed by atoms with Crippen LogP contribution in [0.1, 0.15) is 11.4 Å². The molecule has 0 saturated heterocycles. The van der Waals surface area contributed by atoms with Crippen LogP contribution in [0.3, 0.4) is 0 Å². The number of aromatic nitrogens is 1. The van der Waals surface area contributed by atoms with Crippen LogP contribution in [0.25, 0.3) is 5.69 Å². The summed E-state index contributed by atoms with van der Waals surface area (Å²) in [5.41, 5.74) is 3.17. The Balaban J connectivity index is 2.64. The predicted molar refractivity (Wildman–Crippen MR) is 59.1 cm³/mol. The minimum absolute atomic E-state index is 0.317. The first-order valence-electron chi connectivity index (χ1n) is 4.96. The monoisotopic (exact) mass is 200 g/mol. The molecule has 0 aliphatic carbocycles. The molecule has 2 rings (SSSR count). The first-order chi connectivity index (χ1) is 7.18. The maximum absolute atomic E-state index is 9.45. The van der Waals surface area contributed by atoms with E-state index in [1.165, 1.54) is 0 Å². The molecule has 0 unspecified atom stereocenters. The number of hydrogen-bond acceptors (Lipinski definition) is 1. The number of nitrogens with zero attached hydrogens (tertiary/aromatic N) is 1. The Morgan fingerprint density at radius 3 is 2.00 bits per heavy atom. The highest BCUT2D eigenvalue weighted by Crippen LogP contribution is 2.12. The zero-order valence-corrected chi connectivity index (χ0v) is 8.94. The minimum atomic E-state index is 0.317. The van der Waals surface area contributed by atoms with E-state index in [9.17, 15) is 5.11 Å². The zero-order chi connectivity index (χ0) is 10.8. The second-order valence-electron chi connectivity index (χ2n) is 3.67. The van der Waals surface area contributed by atoms with Gasteiger partial charge >= 0.3 is 0 Å². The van der Waals surface area contributed by atoms with Crippen molar-refractivity contribution in [3.8, 4) is 11.4 Å². The standard InChI is InChI=1S/C13H13NO/c1-10-8-13(15)9-11(2)14(10)12-6-4-3-5-7-12/h3-9H,1-2H3/p+1. The number of rotatable bonds is 1. The van der Waals surface area contributed by atoms with E-state index in [0.29, 0.717) is 5.75 Å². The maximum atomic E-state index is 9.45. The Hall–Kier alpha value is -1.83. The molecule has 2 heteroatoms. The summed E-state index contributed by atoms with van der Waals surface area (Å²) >= 11 is 0. The molecule has 0 bridgehead atoms. The topological polar surface area (TPSA) is 24.1 Å². The highest BCUT2D eigenvalue weighted by Gasteiger charge is 2.14. The summed E-state index contributed by atoms with van der Waals surface area (Å²) < 4.78 is 2.11. The van der Waals surface area contributed by atoms with Gasteiger partial charge in [-0.1, -0.05) is 18.2 Å². The SMILES string of the molecule is Cc1cc(O)cc(C)[n+]1-c1ccccc1. The molecular formula is C13H14NO+. The average molecular weight is 200 g/mol. The number of pyridine rings is 1. The lowest BCUT2D eigenvalue weighted by molar-refractivity contribution is -0.609. The zero-order valence-electron chi connectivity index (χ0n) is 8.94. The lowest BCUT2D eigenvalue weighted by Crippen LogP contribution is -2.37. The minimum Gasteiger partial charge on any atom is -0.507 e. The normalized spacial score (nSPS) is 10.3. The summed E-state index contributed by atoms with van der Waals surface area (Å²) in [5, 5.41) is 9.45. The summed E-state index contributed by atoms with van der Waals surface area (Å²) in [7, 11) is 0. The third-order valence-electron chi connectivity index (χ3n) is 2.43. The lowest BCUT2D eigenvalue weighted by atomic mass is 10.2. The van der Waals surface area contributed by atoms with E-state index in [4.69, 9.17) is 0 Å². The second kappa shape index (κ2) is 3.73. The Bertz CT molecular complexity index is 454. The maximum Gasteiger partial charge on any atom is 0.211 e. The van der Waals surface area contributed by atoms with Gasteiger partial charge in [-0.05, 0) is 0 Å². The molecule has 0 radical (unpaired) electrons. The quantitative estimate of drug-likeness (QED) is 0.702. The molecule has 2 aromatic rings. The number of hydrogen-bond donors (Lipinski definition) is 1. The van der Waals surface area contributed by atoms with Crippen LogP contribution >= 0.6 is 0 Å². The summed E-state index contributed by atoms with van der Waals surface area (Å²) in [6.07, 6.45) is 0. The van der Waals surface area contributed by atoms with E-state index in [1.54, 1.807) is 12.1 Å². The van der Waals surface area contributed by atoms with Crippen molar-refractivity contribution in [1.82, 2.24) is 0 Å². The largest absolute Gasteiger partial charge is 0.507 e. The molecule has 0 fully saturated rings. The molecule has 15 heavy (non-hydrogen) atoms. The van der Waals surface area contributed by atoms with Crippen LogP contribution in [-0.4, -0.2) is 5.11 Å². The molecule has 1 heterocycles. The first kappa shape index (κ1) is 9.71. The van der Waals surface area contributed by atoms with Gasteiger partial charge in [-0.2, -0.15) is 4.57 Å². The van der Waals surface area contributed by atoms with Gasteiger partial charge in [0, 0.05) is 38.1 Å². The van der Waals surface area contributed by atoms with E-state index in [0.717, 1.165) is 17.1 Å². The van der Waals surface area contributed by atoms with Crippen molar-refractivity contribution >= 4 is 0 Å². The highest BCUT2D eigenvalue weighted by atomic mass is 16.3. The smallest absolute Gasteiger partial charge is 0.211 e. The third kappa shape index (κ3) is 1.84. The number of benzene rings is 1. The van der Waals surface area contributed by atoms with E-state index in [1.807, 2.05) is 32.0 Å². The van der Waals surface area contributed by atoms with Gasteiger partial charge in [0.15, 0.2) is 11.4 Å². The fourth-order valence-electron chi connectivity index (χ4n) is 1.86. The van der Waals surface area contributed by atoms with Crippen molar-refractivity contribution in [2.75, 3.05) is 0 Å². The van der Waals surface area contributed by atoms with Gasteiger partial charge in [0.2, 0.25) is 5.69 Å². The van der Waals surface area contributed by atoms with Gasteiger partial charge in [-0.3, -0.25) is 0 Å². The number of aryl methyl sites for hydroxylation is 2. The summed E-state index contributed by atoms with van der Waals surface area (Å²) in [6.45, 7) is 3.97. The molecule has 0 saturated carbocycles. The van der Waals surface area contributed by atoms with Gasteiger partial charge in [-0.15, -0.1) is 0 Å². The fraction of sp³-hybridized carbons (Fsp3) is 0.154. The van der Waals surface area contributed by atoms with E-state index in [-0.39, 0.29) is 0 Å². The molecular weight excluding hydrogens is 186 g/mol. The van der Waals surface area contributed by atoms with E-state index in [2.05, 4.69) is 16.7 Å². The predicted octanol–water partition coefficient (Wildman–Crippen LogP) is 2.29. The average Bonchev–Trinajstić information content (AvgIpc) is 2.17. The third-order valence-corrected chi connectivity index (χ3v) is 2.43. The summed E-state index contributed by atoms with van der Waals surface area (Å²) in [5.74, 6) is 0.317. The van der Waals surface area contributed by atoms with Gasteiger partial charge in [0.25, 0.3) is 0 Å². The van der Waals surface area contributed by atoms with Crippen LogP contribution in [0.2, 0.25) is 0 Å². The molecule has 0 aliphatic rings. The number of para-hydroxylation sites is 1. The van der Waals surface area contributed by atoms with Gasteiger partial charge < -0.3 is 5.11 Å². The molecule has 0 aliphatic heterocycles. The second-order valence-corrected chi connectivity index (χ2v) is 3.67. The first-order valence-corrected chi connectivity index (χ1v) is 4.96. The van der Waals surface area contributed by atoms with Crippen molar-refractivity contribution in [2.24, 2.45) is 0 Å². The molecule has 0 amide bonds. The molecule has 2 nitrogen and oxygen atoms in total. The van der Waals surface area contributed by atoms with Crippen molar-refractivity contribution in [3.63, 3.8) is 0 Å². The molecule has 0 atom stereocenters. The van der Waals surface area contributed by atoms with Crippen molar-refractivity contribution < 1.29 is 9.67 Å². The van der Waals surface area contributed by atoms with Crippen LogP contribution in [0, 0.1) is 13.8 Å². The Labute approximate surface area is 89.4 Å². The molecule has 1 aromatic carbocycles. The summed E-state index contributed by atoms with van der Waals surface area (Å²) in [4.78, 5) is 0.